The Bertz CT molecular complexity index is 727. The molecule has 4 fully saturated rings. The molecule has 0 aromatic rings. The van der Waals surface area contributed by atoms with Crippen molar-refractivity contribution in [1.82, 2.24) is 10.6 Å². The maximum atomic E-state index is 12.2. The topological polar surface area (TPSA) is 92.3 Å². The van der Waals surface area contributed by atoms with E-state index in [1.165, 1.54) is 0 Å². The summed E-state index contributed by atoms with van der Waals surface area (Å²) in [4.78, 5) is 48.6. The molecule has 26 heavy (non-hydrogen) atoms. The highest BCUT2D eigenvalue weighted by Crippen LogP contribution is 2.49. The van der Waals surface area contributed by atoms with Gasteiger partial charge in [0.1, 0.15) is 0 Å². The second-order valence-corrected chi connectivity index (χ2v) is 8.06. The van der Waals surface area contributed by atoms with Gasteiger partial charge in [0.05, 0.1) is 23.7 Å². The number of amides is 4. The molecule has 2 N–H and O–H groups in total. The lowest BCUT2D eigenvalue weighted by atomic mass is 9.86. The van der Waals surface area contributed by atoms with Crippen LogP contribution in [0.15, 0.2) is 24.8 Å². The van der Waals surface area contributed by atoms with Crippen molar-refractivity contribution in [3.8, 4) is 0 Å². The summed E-state index contributed by atoms with van der Waals surface area (Å²) in [7, 11) is 0. The van der Waals surface area contributed by atoms with E-state index in [1.807, 2.05) is 12.2 Å². The van der Waals surface area contributed by atoms with Crippen LogP contribution in [0.3, 0.4) is 0 Å². The molecule has 2 saturated carbocycles. The van der Waals surface area contributed by atoms with E-state index in [2.05, 4.69) is 24.1 Å². The molecule has 4 amide bonds. The van der Waals surface area contributed by atoms with Crippen LogP contribution in [0.25, 0.3) is 0 Å². The van der Waals surface area contributed by atoms with E-state index in [4.69, 9.17) is 0 Å². The minimum atomic E-state index is -0.347. The van der Waals surface area contributed by atoms with Crippen molar-refractivity contribution in [3.05, 3.63) is 24.8 Å². The van der Waals surface area contributed by atoms with Crippen molar-refractivity contribution in [2.45, 2.75) is 26.2 Å². The predicted octanol–water partition coefficient (Wildman–Crippen LogP) is 1.19. The number of rotatable bonds is 4. The molecule has 6 heteroatoms. The van der Waals surface area contributed by atoms with E-state index < -0.39 is 0 Å². The maximum Gasteiger partial charge on any atom is 0.231 e. The molecule has 2 aliphatic carbocycles. The Morgan fingerprint density at radius 3 is 1.81 bits per heavy atom. The maximum absolute atomic E-state index is 12.2. The summed E-state index contributed by atoms with van der Waals surface area (Å²) in [5, 5.41) is 4.91. The van der Waals surface area contributed by atoms with Gasteiger partial charge in [-0.25, -0.2) is 0 Å². The summed E-state index contributed by atoms with van der Waals surface area (Å²) < 4.78 is 0. The van der Waals surface area contributed by atoms with Crippen LogP contribution in [0, 0.1) is 47.3 Å². The van der Waals surface area contributed by atoms with E-state index in [-0.39, 0.29) is 71.0 Å². The van der Waals surface area contributed by atoms with Crippen LogP contribution < -0.4 is 10.6 Å². The van der Waals surface area contributed by atoms with E-state index >= 15 is 0 Å². The smallest absolute Gasteiger partial charge is 0.231 e. The molecular formula is C20H24N2O4. The Balaban J connectivity index is 1.56. The highest BCUT2D eigenvalue weighted by Gasteiger charge is 2.55. The van der Waals surface area contributed by atoms with Crippen LogP contribution in [-0.2, 0) is 19.2 Å². The van der Waals surface area contributed by atoms with Crippen molar-refractivity contribution in [2.75, 3.05) is 0 Å². The highest BCUT2D eigenvalue weighted by atomic mass is 16.2. The SMILES string of the molecule is C=C[C@@H]1C[C@H](/C=C\[C@@H]2C[C@H](CC)C3C(=O)NC(=O)C32)C2C(=O)NC(=O)C21. The average Bonchev–Trinajstić information content (AvgIpc) is 3.30. The van der Waals surface area contributed by atoms with Crippen LogP contribution in [0.1, 0.15) is 26.2 Å². The van der Waals surface area contributed by atoms with Gasteiger partial charge in [0.25, 0.3) is 0 Å². The largest absolute Gasteiger partial charge is 0.296 e. The fraction of sp³-hybridized carbons (Fsp3) is 0.600. The quantitative estimate of drug-likeness (QED) is 0.585. The third-order valence-electron chi connectivity index (χ3n) is 6.92. The average molecular weight is 356 g/mol. The van der Waals surface area contributed by atoms with Gasteiger partial charge in [-0.05, 0) is 36.5 Å². The zero-order valence-corrected chi connectivity index (χ0v) is 14.8. The molecule has 2 aliphatic heterocycles. The Kier molecular flexibility index (Phi) is 4.09. The van der Waals surface area contributed by atoms with Gasteiger partial charge in [0.2, 0.25) is 23.6 Å². The van der Waals surface area contributed by atoms with Crippen molar-refractivity contribution < 1.29 is 19.2 Å². The molecule has 0 spiro atoms. The van der Waals surface area contributed by atoms with Crippen LogP contribution in [0.4, 0.5) is 0 Å². The lowest BCUT2D eigenvalue weighted by Gasteiger charge is -2.14. The normalized spacial score (nSPS) is 44.3. The molecule has 0 aromatic heterocycles. The van der Waals surface area contributed by atoms with Crippen LogP contribution in [-0.4, -0.2) is 23.6 Å². The van der Waals surface area contributed by atoms with Crippen molar-refractivity contribution in [2.24, 2.45) is 47.3 Å². The molecule has 4 rings (SSSR count). The Morgan fingerprint density at radius 2 is 1.27 bits per heavy atom. The standard InChI is InChI=1S/C20H24N2O4/c1-3-9-7-11(15-13(9)17(23)21-19(15)25)5-6-12-8-10(4-2)14-16(12)20(26)22-18(14)24/h3,5-6,9-16H,1,4,7-8H2,2H3,(H,21,23,25)(H,22,24,26)/b6-5-/t9-,10+,11+,12-,13?,14?,15?,16?/m1/s1. The Labute approximate surface area is 152 Å². The van der Waals surface area contributed by atoms with Gasteiger partial charge in [-0.1, -0.05) is 31.6 Å². The first-order chi connectivity index (χ1) is 12.5. The molecular weight excluding hydrogens is 332 g/mol. The summed E-state index contributed by atoms with van der Waals surface area (Å²) in [5.74, 6) is -1.73. The Morgan fingerprint density at radius 1 is 0.808 bits per heavy atom. The number of carbonyl (C=O) groups is 4. The van der Waals surface area contributed by atoms with Gasteiger partial charge in [0.15, 0.2) is 0 Å². The Hall–Kier alpha value is -2.24. The minimum Gasteiger partial charge on any atom is -0.296 e. The second kappa shape index (κ2) is 6.18. The van der Waals surface area contributed by atoms with Crippen molar-refractivity contribution in [1.29, 1.82) is 0 Å². The molecule has 0 radical (unpaired) electrons. The van der Waals surface area contributed by atoms with Gasteiger partial charge in [-0.2, -0.15) is 0 Å². The number of imide groups is 2. The van der Waals surface area contributed by atoms with Crippen molar-refractivity contribution in [3.63, 3.8) is 0 Å². The summed E-state index contributed by atoms with van der Waals surface area (Å²) in [6, 6.07) is 0. The molecule has 2 saturated heterocycles. The number of fused-ring (bicyclic) bond motifs is 2. The zero-order valence-electron chi connectivity index (χ0n) is 14.8. The molecule has 138 valence electrons. The highest BCUT2D eigenvalue weighted by molar-refractivity contribution is 6.06. The number of hydrogen-bond acceptors (Lipinski definition) is 4. The second-order valence-electron chi connectivity index (χ2n) is 8.06. The summed E-state index contributed by atoms with van der Waals surface area (Å²) in [6.07, 6.45) is 8.21. The molecule has 4 aliphatic rings. The van der Waals surface area contributed by atoms with E-state index in [9.17, 15) is 19.2 Å². The first-order valence-electron chi connectivity index (χ1n) is 9.46. The fourth-order valence-corrected chi connectivity index (χ4v) is 5.71. The molecule has 8 atom stereocenters. The minimum absolute atomic E-state index is 0.00262. The first-order valence-corrected chi connectivity index (χ1v) is 9.46. The third-order valence-corrected chi connectivity index (χ3v) is 6.92. The molecule has 0 bridgehead atoms. The van der Waals surface area contributed by atoms with Gasteiger partial charge in [-0.3, -0.25) is 29.8 Å². The summed E-state index contributed by atoms with van der Waals surface area (Å²) >= 11 is 0. The third kappa shape index (κ3) is 2.38. The molecule has 6 nitrogen and oxygen atoms in total. The lowest BCUT2D eigenvalue weighted by molar-refractivity contribution is -0.128. The lowest BCUT2D eigenvalue weighted by Crippen LogP contribution is -2.26. The molecule has 2 heterocycles. The van der Waals surface area contributed by atoms with Gasteiger partial charge in [0, 0.05) is 0 Å². The van der Waals surface area contributed by atoms with Crippen molar-refractivity contribution >= 4 is 23.6 Å². The predicted molar refractivity (Wildman–Crippen MR) is 93.1 cm³/mol. The van der Waals surface area contributed by atoms with Crippen LogP contribution in [0.5, 0.6) is 0 Å². The summed E-state index contributed by atoms with van der Waals surface area (Å²) in [5.41, 5.74) is 0. The number of carbonyl (C=O) groups excluding carboxylic acids is 4. The van der Waals surface area contributed by atoms with E-state index in [0.717, 1.165) is 19.3 Å². The van der Waals surface area contributed by atoms with Crippen LogP contribution >= 0.6 is 0 Å². The zero-order chi connectivity index (χ0) is 18.6. The van der Waals surface area contributed by atoms with E-state index in [0.29, 0.717) is 0 Å². The van der Waals surface area contributed by atoms with Crippen LogP contribution in [0.2, 0.25) is 0 Å². The van der Waals surface area contributed by atoms with Gasteiger partial charge < -0.3 is 0 Å². The monoisotopic (exact) mass is 356 g/mol. The molecule has 4 unspecified atom stereocenters. The van der Waals surface area contributed by atoms with E-state index in [1.54, 1.807) is 6.08 Å². The first kappa shape index (κ1) is 17.2. The fourth-order valence-electron chi connectivity index (χ4n) is 5.71. The number of allylic oxidation sites excluding steroid dienone is 3. The number of nitrogens with one attached hydrogen (secondary N) is 2. The number of hydrogen-bond donors (Lipinski definition) is 2. The van der Waals surface area contributed by atoms with Gasteiger partial charge >= 0.3 is 0 Å². The summed E-state index contributed by atoms with van der Waals surface area (Å²) in [6.45, 7) is 5.86. The molecule has 0 aromatic carbocycles. The van der Waals surface area contributed by atoms with Gasteiger partial charge in [-0.15, -0.1) is 6.58 Å².